The van der Waals surface area contributed by atoms with E-state index in [1.807, 2.05) is 6.92 Å². The smallest absolute Gasteiger partial charge is 0.122 e. The lowest BCUT2D eigenvalue weighted by Crippen LogP contribution is -1.99. The van der Waals surface area contributed by atoms with E-state index in [2.05, 4.69) is 6.58 Å². The molecular weight excluding hydrogens is 192 g/mol. The second-order valence-electron chi connectivity index (χ2n) is 3.47. The number of phenolic OH excluding ortho intramolecular Hbond substituents is 1. The molecule has 0 spiro atoms. The van der Waals surface area contributed by atoms with Gasteiger partial charge in [-0.3, -0.25) is 0 Å². The summed E-state index contributed by atoms with van der Waals surface area (Å²) in [5, 5.41) is 18.0. The van der Waals surface area contributed by atoms with Gasteiger partial charge in [0.15, 0.2) is 0 Å². The number of hydrogen-bond donors (Lipinski definition) is 2. The third-order valence-corrected chi connectivity index (χ3v) is 2.03. The topological polar surface area (TPSA) is 49.7 Å². The molecule has 1 aromatic carbocycles. The van der Waals surface area contributed by atoms with Crippen molar-refractivity contribution in [3.8, 4) is 11.5 Å². The first-order chi connectivity index (χ1) is 7.09. The van der Waals surface area contributed by atoms with E-state index in [1.165, 1.54) is 0 Å². The van der Waals surface area contributed by atoms with Crippen molar-refractivity contribution >= 4 is 0 Å². The summed E-state index contributed by atoms with van der Waals surface area (Å²) in [5.41, 5.74) is 0.901. The molecule has 2 N–H and O–H groups in total. The van der Waals surface area contributed by atoms with Crippen molar-refractivity contribution in [2.45, 2.75) is 19.8 Å². The summed E-state index contributed by atoms with van der Waals surface area (Å²) in [6.07, 6.45) is 1.28. The van der Waals surface area contributed by atoms with E-state index in [-0.39, 0.29) is 11.5 Å². The lowest BCUT2D eigenvalue weighted by Gasteiger charge is -2.08. The summed E-state index contributed by atoms with van der Waals surface area (Å²) >= 11 is 0. The van der Waals surface area contributed by atoms with Crippen molar-refractivity contribution in [1.29, 1.82) is 0 Å². The Morgan fingerprint density at radius 2 is 2.20 bits per heavy atom. The zero-order chi connectivity index (χ0) is 11.3. The van der Waals surface area contributed by atoms with Crippen LogP contribution in [0.15, 0.2) is 30.5 Å². The molecule has 0 unspecified atom stereocenters. The maximum absolute atomic E-state index is 9.18. The van der Waals surface area contributed by atoms with Crippen LogP contribution in [0.5, 0.6) is 11.5 Å². The minimum absolute atomic E-state index is 0.182. The first-order valence-corrected chi connectivity index (χ1v) is 4.89. The average Bonchev–Trinajstić information content (AvgIpc) is 2.14. The molecule has 3 nitrogen and oxygen atoms in total. The van der Waals surface area contributed by atoms with Gasteiger partial charge in [-0.2, -0.15) is 0 Å². The molecule has 3 heteroatoms. The fourth-order valence-corrected chi connectivity index (χ4v) is 1.25. The van der Waals surface area contributed by atoms with Gasteiger partial charge in [-0.15, -0.1) is 0 Å². The Labute approximate surface area is 89.6 Å². The number of aliphatic hydroxyl groups is 1. The zero-order valence-electron chi connectivity index (χ0n) is 8.86. The van der Waals surface area contributed by atoms with Gasteiger partial charge in [-0.05, 0) is 37.1 Å². The minimum Gasteiger partial charge on any atom is -0.513 e. The Kier molecular flexibility index (Phi) is 4.03. The molecule has 15 heavy (non-hydrogen) atoms. The normalized spacial score (nSPS) is 9.93. The fraction of sp³-hybridized carbons (Fsp3) is 0.333. The van der Waals surface area contributed by atoms with Gasteiger partial charge in [0.2, 0.25) is 0 Å². The largest absolute Gasteiger partial charge is 0.513 e. The highest BCUT2D eigenvalue weighted by atomic mass is 16.5. The maximum atomic E-state index is 9.18. The quantitative estimate of drug-likeness (QED) is 0.577. The van der Waals surface area contributed by atoms with Gasteiger partial charge in [0.05, 0.1) is 12.4 Å². The van der Waals surface area contributed by atoms with Gasteiger partial charge in [-0.1, -0.05) is 6.58 Å². The van der Waals surface area contributed by atoms with Crippen LogP contribution < -0.4 is 4.74 Å². The van der Waals surface area contributed by atoms with Crippen molar-refractivity contribution in [2.24, 2.45) is 0 Å². The number of phenols is 1. The van der Waals surface area contributed by atoms with Gasteiger partial charge < -0.3 is 14.9 Å². The van der Waals surface area contributed by atoms with Gasteiger partial charge in [-0.25, -0.2) is 0 Å². The van der Waals surface area contributed by atoms with Crippen molar-refractivity contribution in [3.63, 3.8) is 0 Å². The predicted octanol–water partition coefficient (Wildman–Crippen LogP) is 2.93. The molecule has 0 atom stereocenters. The van der Waals surface area contributed by atoms with Crippen molar-refractivity contribution < 1.29 is 14.9 Å². The maximum Gasteiger partial charge on any atom is 0.122 e. The van der Waals surface area contributed by atoms with Crippen LogP contribution in [-0.2, 0) is 0 Å². The van der Waals surface area contributed by atoms with E-state index in [9.17, 15) is 5.11 Å². The number of ether oxygens (including phenoxy) is 1. The first-order valence-electron chi connectivity index (χ1n) is 4.89. The van der Waals surface area contributed by atoms with E-state index in [0.717, 1.165) is 17.7 Å². The van der Waals surface area contributed by atoms with Gasteiger partial charge in [0.25, 0.3) is 0 Å². The molecule has 0 amide bonds. The molecule has 0 aliphatic carbocycles. The molecule has 0 bridgehead atoms. The molecule has 0 saturated heterocycles. The summed E-state index contributed by atoms with van der Waals surface area (Å²) in [6, 6.07) is 4.98. The van der Waals surface area contributed by atoms with Gasteiger partial charge >= 0.3 is 0 Å². The van der Waals surface area contributed by atoms with Crippen LogP contribution in [0.2, 0.25) is 0 Å². The lowest BCUT2D eigenvalue weighted by atomic mass is 10.2. The van der Waals surface area contributed by atoms with Crippen LogP contribution >= 0.6 is 0 Å². The van der Waals surface area contributed by atoms with Crippen LogP contribution in [0.4, 0.5) is 0 Å². The first kappa shape index (κ1) is 11.4. The molecule has 1 rings (SSSR count). The number of allylic oxidation sites excluding steroid dienone is 1. The Balaban J connectivity index is 2.40. The molecule has 0 saturated carbocycles. The Bertz CT molecular complexity index is 345. The highest BCUT2D eigenvalue weighted by molar-refractivity contribution is 5.38. The Morgan fingerprint density at radius 1 is 1.47 bits per heavy atom. The SMILES string of the molecule is C=C(O)CCCOc1ccc(O)cc1C. The number of rotatable bonds is 5. The monoisotopic (exact) mass is 208 g/mol. The summed E-state index contributed by atoms with van der Waals surface area (Å²) in [4.78, 5) is 0. The minimum atomic E-state index is 0.182. The van der Waals surface area contributed by atoms with E-state index >= 15 is 0 Å². The number of benzene rings is 1. The van der Waals surface area contributed by atoms with E-state index in [1.54, 1.807) is 18.2 Å². The zero-order valence-corrected chi connectivity index (χ0v) is 8.86. The van der Waals surface area contributed by atoms with Crippen LogP contribution in [0.25, 0.3) is 0 Å². The van der Waals surface area contributed by atoms with E-state index in [4.69, 9.17) is 9.84 Å². The standard InChI is InChI=1S/C12H16O3/c1-9-8-11(14)5-6-12(9)15-7-3-4-10(2)13/h5-6,8,13-14H,2-4,7H2,1H3. The predicted molar refractivity (Wildman–Crippen MR) is 59.3 cm³/mol. The Hall–Kier alpha value is -1.64. The molecule has 0 radical (unpaired) electrons. The summed E-state index contributed by atoms with van der Waals surface area (Å²) < 4.78 is 5.48. The molecule has 0 heterocycles. The highest BCUT2D eigenvalue weighted by Crippen LogP contribution is 2.22. The number of aromatic hydroxyl groups is 1. The fourth-order valence-electron chi connectivity index (χ4n) is 1.25. The molecular formula is C12H16O3. The molecule has 0 aromatic heterocycles. The average molecular weight is 208 g/mol. The van der Waals surface area contributed by atoms with E-state index < -0.39 is 0 Å². The summed E-state index contributed by atoms with van der Waals surface area (Å²) in [7, 11) is 0. The van der Waals surface area contributed by atoms with Crippen molar-refractivity contribution in [2.75, 3.05) is 6.61 Å². The second-order valence-corrected chi connectivity index (χ2v) is 3.47. The van der Waals surface area contributed by atoms with Gasteiger partial charge in [0.1, 0.15) is 11.5 Å². The van der Waals surface area contributed by atoms with Crippen LogP contribution in [0, 0.1) is 6.92 Å². The third-order valence-electron chi connectivity index (χ3n) is 2.03. The number of aliphatic hydroxyl groups excluding tert-OH is 1. The number of hydrogen-bond acceptors (Lipinski definition) is 3. The molecule has 0 aliphatic heterocycles. The molecule has 1 aromatic rings. The lowest BCUT2D eigenvalue weighted by molar-refractivity contribution is 0.293. The van der Waals surface area contributed by atoms with Crippen molar-refractivity contribution in [1.82, 2.24) is 0 Å². The molecule has 0 aliphatic rings. The van der Waals surface area contributed by atoms with Crippen LogP contribution in [0.1, 0.15) is 18.4 Å². The number of aryl methyl sites for hydroxylation is 1. The van der Waals surface area contributed by atoms with Crippen LogP contribution in [0.3, 0.4) is 0 Å². The second kappa shape index (κ2) is 5.29. The molecule has 82 valence electrons. The van der Waals surface area contributed by atoms with Gasteiger partial charge in [0, 0.05) is 6.42 Å². The molecule has 0 fully saturated rings. The highest BCUT2D eigenvalue weighted by Gasteiger charge is 2.00. The Morgan fingerprint density at radius 3 is 2.80 bits per heavy atom. The van der Waals surface area contributed by atoms with E-state index in [0.29, 0.717) is 13.0 Å². The van der Waals surface area contributed by atoms with Crippen molar-refractivity contribution in [3.05, 3.63) is 36.1 Å². The van der Waals surface area contributed by atoms with Crippen LogP contribution in [-0.4, -0.2) is 16.8 Å². The summed E-state index contributed by atoms with van der Waals surface area (Å²) in [5.74, 6) is 1.18. The summed E-state index contributed by atoms with van der Waals surface area (Å²) in [6.45, 7) is 5.80. The third kappa shape index (κ3) is 3.94.